The summed E-state index contributed by atoms with van der Waals surface area (Å²) in [4.78, 5) is 28.7. The normalized spacial score (nSPS) is 18.9. The quantitative estimate of drug-likeness (QED) is 0.852. The molecule has 2 amide bonds. The van der Waals surface area contributed by atoms with Gasteiger partial charge in [0, 0.05) is 25.2 Å². The van der Waals surface area contributed by atoms with Crippen molar-refractivity contribution in [2.24, 2.45) is 5.92 Å². The average Bonchev–Trinajstić information content (AvgIpc) is 3.19. The number of nitrogens with zero attached hydrogens (tertiary/aromatic N) is 2. The van der Waals surface area contributed by atoms with Crippen LogP contribution in [0.5, 0.6) is 0 Å². The molecule has 2 aliphatic heterocycles. The fourth-order valence-electron chi connectivity index (χ4n) is 3.92. The molecule has 1 aromatic carbocycles. The number of amides is 2. The minimum absolute atomic E-state index is 0.0424. The Morgan fingerprint density at radius 1 is 1.04 bits per heavy atom. The Labute approximate surface area is 156 Å². The molecule has 0 bridgehead atoms. The summed E-state index contributed by atoms with van der Waals surface area (Å²) >= 11 is 0. The number of carbonyl (C=O) groups is 2. The third-order valence-electron chi connectivity index (χ3n) is 5.64. The molecule has 5 heteroatoms. The Morgan fingerprint density at radius 3 is 2.31 bits per heavy atom. The Hall–Kier alpha value is -1.88. The van der Waals surface area contributed by atoms with E-state index < -0.39 is 0 Å². The molecule has 26 heavy (non-hydrogen) atoms. The minimum atomic E-state index is 0.0424. The summed E-state index contributed by atoms with van der Waals surface area (Å²) in [6, 6.07) is 8.04. The van der Waals surface area contributed by atoms with Crippen LogP contribution in [0.1, 0.15) is 44.6 Å². The van der Waals surface area contributed by atoms with Crippen molar-refractivity contribution in [3.8, 4) is 0 Å². The number of rotatable bonds is 6. The third-order valence-corrected chi connectivity index (χ3v) is 5.64. The monoisotopic (exact) mass is 357 g/mol. The number of hydrogen-bond donors (Lipinski definition) is 1. The molecule has 2 fully saturated rings. The van der Waals surface area contributed by atoms with E-state index in [0.717, 1.165) is 64.0 Å². The van der Waals surface area contributed by atoms with Gasteiger partial charge in [0.15, 0.2) is 0 Å². The number of hydrogen-bond acceptors (Lipinski definition) is 3. The number of anilines is 1. The van der Waals surface area contributed by atoms with E-state index in [4.69, 9.17) is 0 Å². The van der Waals surface area contributed by atoms with Crippen LogP contribution in [0.25, 0.3) is 0 Å². The molecule has 2 aliphatic rings. The standard InChI is InChI=1S/C21H31N3O2/c1-2-17-5-7-19(8-6-17)22-20(25)16-23-13-9-18(10-14-23)15-21(26)24-11-3-4-12-24/h5-8,18H,2-4,9-16H2,1H3,(H,22,25). The second kappa shape index (κ2) is 9.17. The van der Waals surface area contributed by atoms with E-state index in [1.165, 1.54) is 5.56 Å². The van der Waals surface area contributed by atoms with E-state index in [0.29, 0.717) is 24.8 Å². The van der Waals surface area contributed by atoms with Gasteiger partial charge in [-0.2, -0.15) is 0 Å². The summed E-state index contributed by atoms with van der Waals surface area (Å²) in [5, 5.41) is 2.98. The highest BCUT2D eigenvalue weighted by Crippen LogP contribution is 2.22. The fourth-order valence-corrected chi connectivity index (χ4v) is 3.92. The van der Waals surface area contributed by atoms with Gasteiger partial charge in [0.1, 0.15) is 0 Å². The van der Waals surface area contributed by atoms with E-state index in [-0.39, 0.29) is 5.91 Å². The maximum absolute atomic E-state index is 12.3. The van der Waals surface area contributed by atoms with Crippen LogP contribution in [0.15, 0.2) is 24.3 Å². The molecular formula is C21H31N3O2. The van der Waals surface area contributed by atoms with Gasteiger partial charge in [-0.15, -0.1) is 0 Å². The van der Waals surface area contributed by atoms with Gasteiger partial charge in [0.05, 0.1) is 6.54 Å². The predicted molar refractivity (Wildman–Crippen MR) is 104 cm³/mol. The average molecular weight is 357 g/mol. The molecule has 0 spiro atoms. The van der Waals surface area contributed by atoms with E-state index in [2.05, 4.69) is 29.3 Å². The van der Waals surface area contributed by atoms with Gasteiger partial charge in [0.25, 0.3) is 0 Å². The number of nitrogens with one attached hydrogen (secondary N) is 1. The highest BCUT2D eigenvalue weighted by atomic mass is 16.2. The van der Waals surface area contributed by atoms with Gasteiger partial charge in [-0.05, 0) is 68.8 Å². The lowest BCUT2D eigenvalue weighted by Gasteiger charge is -2.31. The van der Waals surface area contributed by atoms with Crippen molar-refractivity contribution in [2.45, 2.75) is 45.4 Å². The minimum Gasteiger partial charge on any atom is -0.343 e. The maximum Gasteiger partial charge on any atom is 0.238 e. The van der Waals surface area contributed by atoms with Crippen molar-refractivity contribution in [3.05, 3.63) is 29.8 Å². The van der Waals surface area contributed by atoms with Crippen molar-refractivity contribution in [3.63, 3.8) is 0 Å². The molecule has 0 radical (unpaired) electrons. The molecule has 0 atom stereocenters. The number of aryl methyl sites for hydroxylation is 1. The first-order valence-corrected chi connectivity index (χ1v) is 10.0. The van der Waals surface area contributed by atoms with Gasteiger partial charge in [-0.25, -0.2) is 0 Å². The van der Waals surface area contributed by atoms with Crippen LogP contribution in [-0.4, -0.2) is 54.3 Å². The summed E-state index contributed by atoms with van der Waals surface area (Å²) in [6.07, 6.45) is 6.02. The first-order chi connectivity index (χ1) is 12.6. The molecule has 0 aliphatic carbocycles. The molecular weight excluding hydrogens is 326 g/mol. The third kappa shape index (κ3) is 5.31. The smallest absolute Gasteiger partial charge is 0.238 e. The van der Waals surface area contributed by atoms with Crippen LogP contribution in [0.4, 0.5) is 5.69 Å². The molecule has 0 unspecified atom stereocenters. The lowest BCUT2D eigenvalue weighted by Crippen LogP contribution is -2.40. The van der Waals surface area contributed by atoms with Crippen LogP contribution in [-0.2, 0) is 16.0 Å². The largest absolute Gasteiger partial charge is 0.343 e. The Morgan fingerprint density at radius 2 is 1.69 bits per heavy atom. The molecule has 0 saturated carbocycles. The predicted octanol–water partition coefficient (Wildman–Crippen LogP) is 2.91. The summed E-state index contributed by atoms with van der Waals surface area (Å²) in [5.41, 5.74) is 2.13. The number of benzene rings is 1. The molecule has 142 valence electrons. The van der Waals surface area contributed by atoms with Crippen molar-refractivity contribution in [2.75, 3.05) is 38.0 Å². The van der Waals surface area contributed by atoms with Crippen molar-refractivity contribution < 1.29 is 9.59 Å². The molecule has 1 N–H and O–H groups in total. The van der Waals surface area contributed by atoms with E-state index in [1.807, 2.05) is 17.0 Å². The number of carbonyl (C=O) groups excluding carboxylic acids is 2. The van der Waals surface area contributed by atoms with Gasteiger partial charge in [-0.3, -0.25) is 14.5 Å². The van der Waals surface area contributed by atoms with Crippen LogP contribution in [0, 0.1) is 5.92 Å². The van der Waals surface area contributed by atoms with E-state index >= 15 is 0 Å². The molecule has 2 saturated heterocycles. The molecule has 1 aromatic rings. The molecule has 3 rings (SSSR count). The zero-order chi connectivity index (χ0) is 18.4. The Bertz CT molecular complexity index is 600. The van der Waals surface area contributed by atoms with Crippen LogP contribution in [0.3, 0.4) is 0 Å². The highest BCUT2D eigenvalue weighted by Gasteiger charge is 2.25. The SMILES string of the molecule is CCc1ccc(NC(=O)CN2CCC(CC(=O)N3CCCC3)CC2)cc1. The maximum atomic E-state index is 12.3. The summed E-state index contributed by atoms with van der Waals surface area (Å²) in [5.74, 6) is 0.846. The van der Waals surface area contributed by atoms with Gasteiger partial charge in [-0.1, -0.05) is 19.1 Å². The fraction of sp³-hybridized carbons (Fsp3) is 0.619. The first-order valence-electron chi connectivity index (χ1n) is 10.0. The summed E-state index contributed by atoms with van der Waals surface area (Å²) < 4.78 is 0. The van der Waals surface area contributed by atoms with Crippen LogP contribution >= 0.6 is 0 Å². The zero-order valence-corrected chi connectivity index (χ0v) is 15.9. The van der Waals surface area contributed by atoms with Gasteiger partial charge >= 0.3 is 0 Å². The second-order valence-electron chi connectivity index (χ2n) is 7.61. The van der Waals surface area contributed by atoms with Gasteiger partial charge < -0.3 is 10.2 Å². The lowest BCUT2D eigenvalue weighted by molar-refractivity contribution is -0.131. The highest BCUT2D eigenvalue weighted by molar-refractivity contribution is 5.92. The van der Waals surface area contributed by atoms with E-state index in [1.54, 1.807) is 0 Å². The van der Waals surface area contributed by atoms with Crippen molar-refractivity contribution >= 4 is 17.5 Å². The van der Waals surface area contributed by atoms with Crippen molar-refractivity contribution in [1.29, 1.82) is 0 Å². The van der Waals surface area contributed by atoms with Gasteiger partial charge in [0.2, 0.25) is 11.8 Å². The summed E-state index contributed by atoms with van der Waals surface area (Å²) in [6.45, 7) is 6.24. The number of piperidine rings is 1. The van der Waals surface area contributed by atoms with E-state index in [9.17, 15) is 9.59 Å². The van der Waals surface area contributed by atoms with Crippen LogP contribution in [0.2, 0.25) is 0 Å². The molecule has 2 heterocycles. The molecule has 0 aromatic heterocycles. The first kappa shape index (κ1) is 18.9. The lowest BCUT2D eigenvalue weighted by atomic mass is 9.93. The van der Waals surface area contributed by atoms with Crippen molar-refractivity contribution in [1.82, 2.24) is 9.80 Å². The molecule has 5 nitrogen and oxygen atoms in total. The topological polar surface area (TPSA) is 52.7 Å². The zero-order valence-electron chi connectivity index (χ0n) is 15.9. The van der Waals surface area contributed by atoms with Crippen LogP contribution < -0.4 is 5.32 Å². The second-order valence-corrected chi connectivity index (χ2v) is 7.61. The summed E-state index contributed by atoms with van der Waals surface area (Å²) in [7, 11) is 0. The number of likely N-dealkylation sites (tertiary alicyclic amines) is 2. The Kier molecular flexibility index (Phi) is 6.67. The Balaban J connectivity index is 1.37.